The lowest BCUT2D eigenvalue weighted by Gasteiger charge is -2.40. The summed E-state index contributed by atoms with van der Waals surface area (Å²) in [4.78, 5) is 14.3. The molecule has 1 atom stereocenters. The van der Waals surface area contributed by atoms with Crippen LogP contribution in [0.4, 0.5) is 4.79 Å². The summed E-state index contributed by atoms with van der Waals surface area (Å²) >= 11 is 0. The van der Waals surface area contributed by atoms with Crippen molar-refractivity contribution in [2.45, 2.75) is 51.2 Å². The zero-order chi connectivity index (χ0) is 19.5. The van der Waals surface area contributed by atoms with Crippen molar-refractivity contribution < 1.29 is 9.53 Å². The van der Waals surface area contributed by atoms with Crippen molar-refractivity contribution in [1.82, 2.24) is 4.90 Å². The molecule has 1 heterocycles. The molecule has 144 valence electrons. The molecule has 3 rings (SSSR count). The van der Waals surface area contributed by atoms with Crippen LogP contribution in [0.25, 0.3) is 0 Å². The van der Waals surface area contributed by atoms with Crippen molar-refractivity contribution >= 4 is 6.09 Å². The summed E-state index contributed by atoms with van der Waals surface area (Å²) < 4.78 is 5.51. The Labute approximate surface area is 162 Å². The number of nitrogens with two attached hydrogens (primary N) is 1. The van der Waals surface area contributed by atoms with Crippen LogP contribution in [0.1, 0.15) is 50.3 Å². The molecule has 0 radical (unpaired) electrons. The zero-order valence-corrected chi connectivity index (χ0v) is 16.6. The molecule has 4 nitrogen and oxygen atoms in total. The molecule has 2 aromatic rings. The van der Waals surface area contributed by atoms with Crippen LogP contribution in [0.3, 0.4) is 0 Å². The second-order valence-electron chi connectivity index (χ2n) is 8.55. The smallest absolute Gasteiger partial charge is 0.410 e. The van der Waals surface area contributed by atoms with Crippen molar-refractivity contribution in [2.24, 2.45) is 5.73 Å². The Morgan fingerprint density at radius 3 is 2.59 bits per heavy atom. The number of rotatable bonds is 3. The van der Waals surface area contributed by atoms with E-state index < -0.39 is 5.54 Å². The largest absolute Gasteiger partial charge is 0.445 e. The van der Waals surface area contributed by atoms with Crippen molar-refractivity contribution in [3.63, 3.8) is 0 Å². The Morgan fingerprint density at radius 2 is 1.89 bits per heavy atom. The molecular formula is C23H30N2O2. The van der Waals surface area contributed by atoms with Gasteiger partial charge in [-0.05, 0) is 34.9 Å². The van der Waals surface area contributed by atoms with E-state index in [2.05, 4.69) is 45.0 Å². The molecule has 2 N–H and O–H groups in total. The van der Waals surface area contributed by atoms with Crippen LogP contribution in [0.5, 0.6) is 0 Å². The van der Waals surface area contributed by atoms with Gasteiger partial charge in [0.15, 0.2) is 0 Å². The Morgan fingerprint density at radius 1 is 1.15 bits per heavy atom. The van der Waals surface area contributed by atoms with Gasteiger partial charge in [-0.1, -0.05) is 75.4 Å². The van der Waals surface area contributed by atoms with Crippen molar-refractivity contribution in [2.75, 3.05) is 13.1 Å². The van der Waals surface area contributed by atoms with Crippen LogP contribution in [-0.2, 0) is 22.3 Å². The topological polar surface area (TPSA) is 55.6 Å². The molecule has 1 fully saturated rings. The predicted octanol–water partition coefficient (Wildman–Crippen LogP) is 4.57. The van der Waals surface area contributed by atoms with E-state index >= 15 is 0 Å². The minimum Gasteiger partial charge on any atom is -0.445 e. The number of piperidine rings is 1. The first-order valence-corrected chi connectivity index (χ1v) is 9.63. The molecule has 1 unspecified atom stereocenters. The third-order valence-corrected chi connectivity index (χ3v) is 5.29. The highest BCUT2D eigenvalue weighted by Crippen LogP contribution is 2.32. The molecule has 0 spiro atoms. The van der Waals surface area contributed by atoms with E-state index in [-0.39, 0.29) is 18.1 Å². The number of likely N-dealkylation sites (tertiary alicyclic amines) is 1. The standard InChI is InChI=1S/C23H30N2O2/c1-22(2,3)19-11-7-12-20(15-19)23(24)13-8-14-25(17-23)21(26)27-16-18-9-5-4-6-10-18/h4-7,9-12,15H,8,13-14,16-17,24H2,1-3H3. The average molecular weight is 367 g/mol. The van der Waals surface area contributed by atoms with E-state index in [1.165, 1.54) is 5.56 Å². The summed E-state index contributed by atoms with van der Waals surface area (Å²) in [5.74, 6) is 0. The van der Waals surface area contributed by atoms with Gasteiger partial charge in [-0.3, -0.25) is 0 Å². The SMILES string of the molecule is CC(C)(C)c1cccc(C2(N)CCCN(C(=O)OCc3ccccc3)C2)c1. The highest BCUT2D eigenvalue weighted by atomic mass is 16.6. The summed E-state index contributed by atoms with van der Waals surface area (Å²) in [7, 11) is 0. The number of nitrogens with zero attached hydrogens (tertiary/aromatic N) is 1. The zero-order valence-electron chi connectivity index (χ0n) is 16.6. The van der Waals surface area contributed by atoms with E-state index in [1.54, 1.807) is 4.90 Å². The van der Waals surface area contributed by atoms with Gasteiger partial charge < -0.3 is 15.4 Å². The van der Waals surface area contributed by atoms with Gasteiger partial charge in [-0.2, -0.15) is 0 Å². The predicted molar refractivity (Wildman–Crippen MR) is 108 cm³/mol. The lowest BCUT2D eigenvalue weighted by Crippen LogP contribution is -2.53. The summed E-state index contributed by atoms with van der Waals surface area (Å²) in [6.07, 6.45) is 1.44. The maximum atomic E-state index is 12.6. The van der Waals surface area contributed by atoms with Gasteiger partial charge >= 0.3 is 6.09 Å². The third kappa shape index (κ3) is 4.69. The quantitative estimate of drug-likeness (QED) is 0.866. The Hall–Kier alpha value is -2.33. The van der Waals surface area contributed by atoms with Crippen LogP contribution in [0.2, 0.25) is 0 Å². The van der Waals surface area contributed by atoms with E-state index in [0.717, 1.165) is 24.0 Å². The number of carbonyl (C=O) groups is 1. The van der Waals surface area contributed by atoms with Gasteiger partial charge in [0, 0.05) is 13.1 Å². The van der Waals surface area contributed by atoms with Gasteiger partial charge in [0.1, 0.15) is 6.61 Å². The first-order chi connectivity index (χ1) is 12.8. The highest BCUT2D eigenvalue weighted by Gasteiger charge is 2.36. The monoisotopic (exact) mass is 366 g/mol. The van der Waals surface area contributed by atoms with Crippen LogP contribution in [0.15, 0.2) is 54.6 Å². The maximum absolute atomic E-state index is 12.6. The normalized spacial score (nSPS) is 20.4. The fourth-order valence-corrected chi connectivity index (χ4v) is 3.58. The van der Waals surface area contributed by atoms with E-state index in [9.17, 15) is 4.79 Å². The molecule has 1 aliphatic heterocycles. The molecular weight excluding hydrogens is 336 g/mol. The molecule has 1 saturated heterocycles. The molecule has 4 heteroatoms. The lowest BCUT2D eigenvalue weighted by molar-refractivity contribution is 0.0728. The number of benzene rings is 2. The minimum atomic E-state index is -0.536. The highest BCUT2D eigenvalue weighted by molar-refractivity contribution is 5.68. The number of hydrogen-bond acceptors (Lipinski definition) is 3. The van der Waals surface area contributed by atoms with Gasteiger partial charge in [-0.25, -0.2) is 4.79 Å². The van der Waals surface area contributed by atoms with Gasteiger partial charge in [0.05, 0.1) is 5.54 Å². The molecule has 0 saturated carbocycles. The second-order valence-corrected chi connectivity index (χ2v) is 8.55. The van der Waals surface area contributed by atoms with Crippen molar-refractivity contribution in [1.29, 1.82) is 0 Å². The second kappa shape index (κ2) is 7.73. The van der Waals surface area contributed by atoms with Crippen molar-refractivity contribution in [3.8, 4) is 0 Å². The molecule has 2 aromatic carbocycles. The number of hydrogen-bond donors (Lipinski definition) is 1. The van der Waals surface area contributed by atoms with Crippen LogP contribution >= 0.6 is 0 Å². The maximum Gasteiger partial charge on any atom is 0.410 e. The molecule has 27 heavy (non-hydrogen) atoms. The summed E-state index contributed by atoms with van der Waals surface area (Å²) in [5.41, 5.74) is 9.64. The van der Waals surface area contributed by atoms with Gasteiger partial charge in [0.2, 0.25) is 0 Å². The number of carbonyl (C=O) groups excluding carboxylic acids is 1. The van der Waals surface area contributed by atoms with Gasteiger partial charge in [-0.15, -0.1) is 0 Å². The van der Waals surface area contributed by atoms with Crippen LogP contribution in [0, 0.1) is 0 Å². The minimum absolute atomic E-state index is 0.0648. The summed E-state index contributed by atoms with van der Waals surface area (Å²) in [5, 5.41) is 0. The number of amides is 1. The molecule has 0 aliphatic carbocycles. The molecule has 0 aromatic heterocycles. The third-order valence-electron chi connectivity index (χ3n) is 5.29. The average Bonchev–Trinajstić information content (AvgIpc) is 2.66. The molecule has 1 aliphatic rings. The summed E-state index contributed by atoms with van der Waals surface area (Å²) in [6, 6.07) is 18.2. The Balaban J connectivity index is 1.70. The first kappa shape index (κ1) is 19.4. The van der Waals surface area contributed by atoms with Crippen LogP contribution in [-0.4, -0.2) is 24.1 Å². The molecule has 1 amide bonds. The Kier molecular flexibility index (Phi) is 5.56. The van der Waals surface area contributed by atoms with E-state index in [0.29, 0.717) is 13.1 Å². The fraction of sp³-hybridized carbons (Fsp3) is 0.435. The van der Waals surface area contributed by atoms with E-state index in [1.807, 2.05) is 30.3 Å². The first-order valence-electron chi connectivity index (χ1n) is 9.63. The van der Waals surface area contributed by atoms with Crippen LogP contribution < -0.4 is 5.73 Å². The number of ether oxygens (including phenoxy) is 1. The van der Waals surface area contributed by atoms with Gasteiger partial charge in [0.25, 0.3) is 0 Å². The Bertz CT molecular complexity index is 782. The summed E-state index contributed by atoms with van der Waals surface area (Å²) in [6.45, 7) is 8.04. The van der Waals surface area contributed by atoms with E-state index in [4.69, 9.17) is 10.5 Å². The van der Waals surface area contributed by atoms with Crippen molar-refractivity contribution in [3.05, 3.63) is 71.3 Å². The lowest BCUT2D eigenvalue weighted by atomic mass is 9.79. The fourth-order valence-electron chi connectivity index (χ4n) is 3.58. The molecule has 0 bridgehead atoms.